The van der Waals surface area contributed by atoms with Crippen LogP contribution in [0.4, 0.5) is 0 Å². The van der Waals surface area contributed by atoms with Crippen molar-refractivity contribution in [1.29, 1.82) is 0 Å². The first-order valence-electron chi connectivity index (χ1n) is 9.76. The Bertz CT molecular complexity index is 1070. The fraction of sp³-hybridized carbons (Fsp3) is 0.333. The number of aryl methyl sites for hydroxylation is 3. The van der Waals surface area contributed by atoms with Gasteiger partial charge >= 0.3 is 0 Å². The van der Waals surface area contributed by atoms with Crippen molar-refractivity contribution in [3.63, 3.8) is 0 Å². The number of carbonyl (C=O) groups excluding carboxylic acids is 1. The molecule has 5 nitrogen and oxygen atoms in total. The van der Waals surface area contributed by atoms with Gasteiger partial charge in [0.05, 0.1) is 24.2 Å². The Morgan fingerprint density at radius 1 is 1.07 bits per heavy atom. The first-order valence-corrected chi connectivity index (χ1v) is 9.76. The highest BCUT2D eigenvalue weighted by molar-refractivity contribution is 6.13. The van der Waals surface area contributed by atoms with Gasteiger partial charge < -0.3 is 9.84 Å². The number of hydrogen-bond donors (Lipinski definition) is 1. The normalized spacial score (nSPS) is 12.0. The quantitative estimate of drug-likeness (QED) is 0.594. The van der Waals surface area contributed by atoms with Crippen LogP contribution >= 0.6 is 0 Å². The minimum atomic E-state index is 0.0135. The van der Waals surface area contributed by atoms with Gasteiger partial charge in [0.25, 0.3) is 0 Å². The molecule has 0 saturated heterocycles. The summed E-state index contributed by atoms with van der Waals surface area (Å²) in [6, 6.07) is 12.3. The number of rotatable bonds is 7. The molecule has 0 amide bonds. The maximum atomic E-state index is 12.0. The van der Waals surface area contributed by atoms with Crippen LogP contribution in [-0.2, 0) is 9.53 Å². The largest absolute Gasteiger partial charge is 0.494 e. The summed E-state index contributed by atoms with van der Waals surface area (Å²) >= 11 is 0. The molecule has 0 aliphatic heterocycles. The molecular weight excluding hydrogens is 364 g/mol. The number of aliphatic imine (C=N–C) groups is 1. The number of nitrogens with zero attached hydrogens (tertiary/aromatic N) is 2. The molecule has 0 atom stereocenters. The lowest BCUT2D eigenvalue weighted by Gasteiger charge is -2.10. The molecule has 0 bridgehead atoms. The third-order valence-electron chi connectivity index (χ3n) is 5.00. The highest BCUT2D eigenvalue weighted by Crippen LogP contribution is 2.36. The van der Waals surface area contributed by atoms with E-state index < -0.39 is 0 Å². The van der Waals surface area contributed by atoms with Crippen LogP contribution in [0.1, 0.15) is 35.6 Å². The number of fused-ring (bicyclic) bond motifs is 1. The standard InChI is InChI=1S/C24H28N2O3/c1-15-6-7-21-22(13-15)26(19-11-16(2)10-17(3)12-19)24(28)23(21)18(4)25-14-20(27)8-9-29-5/h6-7,10-13,28H,8-9,14H2,1-5H3. The van der Waals surface area contributed by atoms with E-state index in [1.54, 1.807) is 7.11 Å². The van der Waals surface area contributed by atoms with E-state index in [-0.39, 0.29) is 18.2 Å². The summed E-state index contributed by atoms with van der Waals surface area (Å²) in [6.45, 7) is 8.43. The molecule has 0 radical (unpaired) electrons. The van der Waals surface area contributed by atoms with E-state index in [2.05, 4.69) is 29.3 Å². The van der Waals surface area contributed by atoms with Crippen LogP contribution in [-0.4, -0.2) is 41.4 Å². The summed E-state index contributed by atoms with van der Waals surface area (Å²) in [6.07, 6.45) is 0.336. The molecule has 0 fully saturated rings. The van der Waals surface area contributed by atoms with Crippen LogP contribution in [0.25, 0.3) is 16.6 Å². The highest BCUT2D eigenvalue weighted by atomic mass is 16.5. The Morgan fingerprint density at radius 2 is 1.76 bits per heavy atom. The molecule has 2 aromatic carbocycles. The van der Waals surface area contributed by atoms with E-state index in [1.165, 1.54) is 0 Å². The Balaban J connectivity index is 2.14. The van der Waals surface area contributed by atoms with Crippen LogP contribution < -0.4 is 0 Å². The first kappa shape index (κ1) is 20.8. The molecule has 0 unspecified atom stereocenters. The molecule has 0 spiro atoms. The number of benzene rings is 2. The summed E-state index contributed by atoms with van der Waals surface area (Å²) in [5.41, 5.74) is 6.50. The lowest BCUT2D eigenvalue weighted by molar-refractivity contribution is -0.118. The van der Waals surface area contributed by atoms with E-state index in [0.29, 0.717) is 24.3 Å². The summed E-state index contributed by atoms with van der Waals surface area (Å²) in [5.74, 6) is 0.153. The molecule has 29 heavy (non-hydrogen) atoms. The number of carbonyl (C=O) groups is 1. The summed E-state index contributed by atoms with van der Waals surface area (Å²) < 4.78 is 6.82. The van der Waals surface area contributed by atoms with E-state index in [0.717, 1.165) is 33.3 Å². The molecule has 1 N–H and O–H groups in total. The number of aromatic nitrogens is 1. The summed E-state index contributed by atoms with van der Waals surface area (Å²) in [5, 5.41) is 12.1. The zero-order valence-electron chi connectivity index (χ0n) is 17.7. The number of Topliss-reactive ketones (excluding diaryl/α,β-unsaturated/α-hetero) is 1. The van der Waals surface area contributed by atoms with E-state index >= 15 is 0 Å². The van der Waals surface area contributed by atoms with Gasteiger partial charge in [-0.1, -0.05) is 18.2 Å². The number of ether oxygens (including phenoxy) is 1. The molecule has 152 valence electrons. The zero-order chi connectivity index (χ0) is 21.1. The van der Waals surface area contributed by atoms with Crippen LogP contribution in [0.3, 0.4) is 0 Å². The van der Waals surface area contributed by atoms with Crippen molar-refractivity contribution in [3.8, 4) is 11.6 Å². The molecule has 1 aromatic heterocycles. The Morgan fingerprint density at radius 3 is 2.41 bits per heavy atom. The van der Waals surface area contributed by atoms with Gasteiger partial charge in [-0.15, -0.1) is 0 Å². The van der Waals surface area contributed by atoms with Gasteiger partial charge in [-0.05, 0) is 62.6 Å². The van der Waals surface area contributed by atoms with Crippen molar-refractivity contribution in [2.45, 2.75) is 34.1 Å². The first-order chi connectivity index (χ1) is 13.8. The second-order valence-corrected chi connectivity index (χ2v) is 7.58. The van der Waals surface area contributed by atoms with E-state index in [1.807, 2.05) is 44.4 Å². The zero-order valence-corrected chi connectivity index (χ0v) is 17.7. The van der Waals surface area contributed by atoms with Crippen LogP contribution in [0.2, 0.25) is 0 Å². The van der Waals surface area contributed by atoms with Gasteiger partial charge in [-0.3, -0.25) is 14.4 Å². The van der Waals surface area contributed by atoms with Crippen LogP contribution in [0, 0.1) is 20.8 Å². The molecule has 5 heteroatoms. The lowest BCUT2D eigenvalue weighted by atomic mass is 10.1. The molecule has 3 aromatic rings. The van der Waals surface area contributed by atoms with Gasteiger partial charge in [0, 0.05) is 30.3 Å². The monoisotopic (exact) mass is 392 g/mol. The number of hydrogen-bond acceptors (Lipinski definition) is 4. The highest BCUT2D eigenvalue weighted by Gasteiger charge is 2.20. The fourth-order valence-electron chi connectivity index (χ4n) is 3.66. The van der Waals surface area contributed by atoms with Gasteiger partial charge in [-0.2, -0.15) is 0 Å². The van der Waals surface area contributed by atoms with Crippen molar-refractivity contribution < 1.29 is 14.6 Å². The second kappa shape index (κ2) is 8.62. The maximum absolute atomic E-state index is 12.0. The molecule has 1 heterocycles. The van der Waals surface area contributed by atoms with Crippen molar-refractivity contribution in [1.82, 2.24) is 4.57 Å². The van der Waals surface area contributed by atoms with Crippen molar-refractivity contribution in [3.05, 3.63) is 58.7 Å². The Hall–Kier alpha value is -2.92. The minimum Gasteiger partial charge on any atom is -0.494 e. The topological polar surface area (TPSA) is 63.8 Å². The Kier molecular flexibility index (Phi) is 6.18. The van der Waals surface area contributed by atoms with Gasteiger partial charge in [0.15, 0.2) is 5.78 Å². The average molecular weight is 392 g/mol. The predicted octanol–water partition coefficient (Wildman–Crippen LogP) is 4.68. The summed E-state index contributed by atoms with van der Waals surface area (Å²) in [4.78, 5) is 16.4. The van der Waals surface area contributed by atoms with Crippen molar-refractivity contribution in [2.75, 3.05) is 20.3 Å². The Labute approximate surface area is 171 Å². The van der Waals surface area contributed by atoms with Crippen molar-refractivity contribution in [2.24, 2.45) is 4.99 Å². The minimum absolute atomic E-state index is 0.0135. The van der Waals surface area contributed by atoms with E-state index in [9.17, 15) is 9.90 Å². The molecule has 3 rings (SSSR count). The van der Waals surface area contributed by atoms with Gasteiger partial charge in [0.1, 0.15) is 0 Å². The van der Waals surface area contributed by atoms with Gasteiger partial charge in [-0.25, -0.2) is 0 Å². The lowest BCUT2D eigenvalue weighted by Crippen LogP contribution is -2.08. The third kappa shape index (κ3) is 4.40. The summed E-state index contributed by atoms with van der Waals surface area (Å²) in [7, 11) is 1.57. The maximum Gasteiger partial charge on any atom is 0.206 e. The number of ketones is 1. The van der Waals surface area contributed by atoms with Crippen LogP contribution in [0.5, 0.6) is 5.88 Å². The van der Waals surface area contributed by atoms with Gasteiger partial charge in [0.2, 0.25) is 5.88 Å². The predicted molar refractivity (Wildman–Crippen MR) is 118 cm³/mol. The smallest absolute Gasteiger partial charge is 0.206 e. The molecular formula is C24H28N2O3. The molecule has 0 saturated carbocycles. The van der Waals surface area contributed by atoms with E-state index in [4.69, 9.17) is 4.74 Å². The second-order valence-electron chi connectivity index (χ2n) is 7.58. The molecule has 0 aliphatic rings. The number of aromatic hydroxyl groups is 1. The van der Waals surface area contributed by atoms with Crippen LogP contribution in [0.15, 0.2) is 41.4 Å². The number of methoxy groups -OCH3 is 1. The SMILES string of the molecule is COCCC(=O)CN=C(C)c1c(O)n(-c2cc(C)cc(C)c2)c2cc(C)ccc12. The average Bonchev–Trinajstić information content (AvgIpc) is 2.94. The molecule has 0 aliphatic carbocycles. The fourth-order valence-corrected chi connectivity index (χ4v) is 3.66. The third-order valence-corrected chi connectivity index (χ3v) is 5.00. The van der Waals surface area contributed by atoms with Crippen molar-refractivity contribution >= 4 is 22.4 Å².